The Hall–Kier alpha value is -2.59. The summed E-state index contributed by atoms with van der Waals surface area (Å²) in [4.78, 5) is 29.1. The Balaban J connectivity index is 1.70. The van der Waals surface area contributed by atoms with E-state index in [1.165, 1.54) is 24.5 Å². The van der Waals surface area contributed by atoms with Crippen LogP contribution in [-0.2, 0) is 17.8 Å². The molecule has 0 radical (unpaired) electrons. The molecule has 0 unspecified atom stereocenters. The topological polar surface area (TPSA) is 64.0 Å². The van der Waals surface area contributed by atoms with Crippen LogP contribution in [0.4, 0.5) is 13.2 Å². The van der Waals surface area contributed by atoms with Crippen LogP contribution in [0, 0.1) is 0 Å². The number of nitrogens with one attached hydrogen (secondary N) is 1. The first-order valence-corrected chi connectivity index (χ1v) is 11.2. The summed E-state index contributed by atoms with van der Waals surface area (Å²) in [6.07, 6.45) is -2.40. The average Bonchev–Trinajstić information content (AvgIpc) is 3.33. The molecule has 0 spiro atoms. The number of carbonyl (C=O) groups excluding carboxylic acids is 2. The number of hydrogen-bond donors (Lipinski definition) is 1. The molecule has 0 aliphatic heterocycles. The third-order valence-corrected chi connectivity index (χ3v) is 6.42. The molecule has 2 aromatic heterocycles. The van der Waals surface area contributed by atoms with Crippen LogP contribution in [0.3, 0.4) is 0 Å². The normalized spacial score (nSPS) is 11.5. The first-order chi connectivity index (χ1) is 14.7. The van der Waals surface area contributed by atoms with Gasteiger partial charge in [0.2, 0.25) is 5.91 Å². The van der Waals surface area contributed by atoms with Crippen molar-refractivity contribution in [3.05, 3.63) is 58.4 Å². The van der Waals surface area contributed by atoms with E-state index in [-0.39, 0.29) is 22.6 Å². The number of halogens is 3. The lowest BCUT2D eigenvalue weighted by atomic mass is 10.2. The molecule has 10 heteroatoms. The molecule has 2 heterocycles. The molecule has 1 N–H and O–H groups in total. The van der Waals surface area contributed by atoms with Crippen molar-refractivity contribution >= 4 is 34.8 Å². The fourth-order valence-electron chi connectivity index (χ4n) is 2.87. The van der Waals surface area contributed by atoms with Crippen molar-refractivity contribution in [1.29, 1.82) is 0 Å². The van der Waals surface area contributed by atoms with Crippen molar-refractivity contribution in [2.45, 2.75) is 31.2 Å². The van der Waals surface area contributed by atoms with Gasteiger partial charge in [-0.1, -0.05) is 42.1 Å². The number of carbonyl (C=O) groups is 2. The summed E-state index contributed by atoms with van der Waals surface area (Å²) >= 11 is 2.31. The van der Waals surface area contributed by atoms with Gasteiger partial charge in [-0.05, 0) is 24.1 Å². The molecular weight excluding hydrogens is 447 g/mol. The highest BCUT2D eigenvalue weighted by molar-refractivity contribution is 7.99. The van der Waals surface area contributed by atoms with E-state index < -0.39 is 12.7 Å². The lowest BCUT2D eigenvalue weighted by Gasteiger charge is -2.14. The molecule has 5 nitrogen and oxygen atoms in total. The van der Waals surface area contributed by atoms with Gasteiger partial charge in [-0.3, -0.25) is 9.59 Å². The van der Waals surface area contributed by atoms with Gasteiger partial charge in [0, 0.05) is 18.3 Å². The second-order valence-electron chi connectivity index (χ2n) is 6.70. The van der Waals surface area contributed by atoms with E-state index in [4.69, 9.17) is 0 Å². The van der Waals surface area contributed by atoms with Gasteiger partial charge in [0.05, 0.1) is 22.5 Å². The number of thiophene rings is 1. The van der Waals surface area contributed by atoms with Crippen molar-refractivity contribution in [3.63, 3.8) is 0 Å². The van der Waals surface area contributed by atoms with E-state index in [9.17, 15) is 22.8 Å². The Morgan fingerprint density at radius 1 is 1.16 bits per heavy atom. The first kappa shape index (κ1) is 23.1. The highest BCUT2D eigenvalue weighted by Crippen LogP contribution is 2.30. The number of rotatable bonds is 9. The minimum Gasteiger partial charge on any atom is -0.356 e. The maximum absolute atomic E-state index is 13.2. The van der Waals surface area contributed by atoms with E-state index in [1.54, 1.807) is 36.4 Å². The van der Waals surface area contributed by atoms with Crippen LogP contribution in [0.25, 0.3) is 11.3 Å². The number of Topliss-reactive ketones (excluding diaryl/α,β-unsaturated/α-hetero) is 1. The molecule has 3 rings (SSSR count). The summed E-state index contributed by atoms with van der Waals surface area (Å²) in [5, 5.41) is 2.84. The standard InChI is InChI=1S/C21H20F3N3O2S2/c1-14(28)25-10-9-16-7-8-19(31-16)18(29)12-30-20-26-11-17(15-5-3-2-4-6-15)27(20)13-21(22,23)24/h2-8,11H,9-10,12-13H2,1H3,(H,25,28). The molecule has 0 bridgehead atoms. The predicted octanol–water partition coefficient (Wildman–Crippen LogP) is 4.83. The molecule has 1 aromatic carbocycles. The van der Waals surface area contributed by atoms with Gasteiger partial charge in [-0.2, -0.15) is 13.2 Å². The number of benzene rings is 1. The quantitative estimate of drug-likeness (QED) is 0.362. The van der Waals surface area contributed by atoms with E-state index in [0.717, 1.165) is 21.2 Å². The zero-order chi connectivity index (χ0) is 22.4. The van der Waals surface area contributed by atoms with Crippen molar-refractivity contribution in [3.8, 4) is 11.3 Å². The number of ketones is 1. The largest absolute Gasteiger partial charge is 0.406 e. The van der Waals surface area contributed by atoms with Crippen molar-refractivity contribution in [2.24, 2.45) is 0 Å². The summed E-state index contributed by atoms with van der Waals surface area (Å²) in [5.74, 6) is -0.313. The van der Waals surface area contributed by atoms with Gasteiger partial charge in [-0.25, -0.2) is 4.98 Å². The molecule has 3 aromatic rings. The molecule has 31 heavy (non-hydrogen) atoms. The Morgan fingerprint density at radius 2 is 1.90 bits per heavy atom. The van der Waals surface area contributed by atoms with Crippen molar-refractivity contribution in [1.82, 2.24) is 14.9 Å². The summed E-state index contributed by atoms with van der Waals surface area (Å²) in [5.41, 5.74) is 0.976. The second kappa shape index (κ2) is 10.1. The summed E-state index contributed by atoms with van der Waals surface area (Å²) < 4.78 is 40.6. The number of imidazole rings is 1. The first-order valence-electron chi connectivity index (χ1n) is 9.40. The Bertz CT molecular complexity index is 1050. The van der Waals surface area contributed by atoms with Crippen LogP contribution in [-0.4, -0.2) is 39.7 Å². The molecular formula is C21H20F3N3O2S2. The number of nitrogens with zero attached hydrogens (tertiary/aromatic N) is 2. The maximum atomic E-state index is 13.2. The molecule has 0 aliphatic rings. The van der Waals surface area contributed by atoms with Crippen LogP contribution in [0.15, 0.2) is 53.8 Å². The minimum absolute atomic E-state index is 0.0191. The lowest BCUT2D eigenvalue weighted by Crippen LogP contribution is -2.22. The highest BCUT2D eigenvalue weighted by atomic mass is 32.2. The second-order valence-corrected chi connectivity index (χ2v) is 8.81. The number of alkyl halides is 3. The third kappa shape index (κ3) is 6.70. The molecule has 0 atom stereocenters. The summed E-state index contributed by atoms with van der Waals surface area (Å²) in [6.45, 7) is 0.738. The van der Waals surface area contributed by atoms with Crippen LogP contribution >= 0.6 is 23.1 Å². The molecule has 1 amide bonds. The fraction of sp³-hybridized carbons (Fsp3) is 0.286. The van der Waals surface area contributed by atoms with Crippen LogP contribution in [0.1, 0.15) is 21.5 Å². The van der Waals surface area contributed by atoms with Gasteiger partial charge in [0.1, 0.15) is 6.54 Å². The van der Waals surface area contributed by atoms with Crippen LogP contribution in [0.5, 0.6) is 0 Å². The van der Waals surface area contributed by atoms with Gasteiger partial charge < -0.3 is 9.88 Å². The van der Waals surface area contributed by atoms with Gasteiger partial charge >= 0.3 is 6.18 Å². The lowest BCUT2D eigenvalue weighted by molar-refractivity contribution is -0.141. The monoisotopic (exact) mass is 467 g/mol. The molecule has 0 saturated carbocycles. The summed E-state index contributed by atoms with van der Waals surface area (Å²) in [7, 11) is 0. The van der Waals surface area contributed by atoms with Gasteiger partial charge in [0.25, 0.3) is 0 Å². The Labute approximate surface area is 185 Å². The predicted molar refractivity (Wildman–Crippen MR) is 115 cm³/mol. The van der Waals surface area contributed by atoms with E-state index >= 15 is 0 Å². The minimum atomic E-state index is -4.42. The van der Waals surface area contributed by atoms with E-state index in [1.807, 2.05) is 6.07 Å². The summed E-state index contributed by atoms with van der Waals surface area (Å²) in [6, 6.07) is 12.2. The number of hydrogen-bond acceptors (Lipinski definition) is 5. The molecule has 0 fully saturated rings. The number of aromatic nitrogens is 2. The molecule has 0 saturated heterocycles. The third-order valence-electron chi connectivity index (χ3n) is 4.24. The Morgan fingerprint density at radius 3 is 2.58 bits per heavy atom. The smallest absolute Gasteiger partial charge is 0.356 e. The van der Waals surface area contributed by atoms with Gasteiger partial charge in [-0.15, -0.1) is 11.3 Å². The average molecular weight is 468 g/mol. The van der Waals surface area contributed by atoms with Crippen molar-refractivity contribution in [2.75, 3.05) is 12.3 Å². The van der Waals surface area contributed by atoms with E-state index in [2.05, 4.69) is 10.3 Å². The SMILES string of the molecule is CC(=O)NCCc1ccc(C(=O)CSc2ncc(-c3ccccc3)n2CC(F)(F)F)s1. The van der Waals surface area contributed by atoms with Gasteiger partial charge in [0.15, 0.2) is 10.9 Å². The zero-order valence-electron chi connectivity index (χ0n) is 16.6. The van der Waals surface area contributed by atoms with Crippen LogP contribution < -0.4 is 5.32 Å². The number of amides is 1. The highest BCUT2D eigenvalue weighted by Gasteiger charge is 2.31. The van der Waals surface area contributed by atoms with Crippen LogP contribution in [0.2, 0.25) is 0 Å². The molecule has 164 valence electrons. The maximum Gasteiger partial charge on any atom is 0.406 e. The van der Waals surface area contributed by atoms with Crippen molar-refractivity contribution < 1.29 is 22.8 Å². The molecule has 0 aliphatic carbocycles. The van der Waals surface area contributed by atoms with E-state index in [0.29, 0.717) is 29.1 Å². The number of thioether (sulfide) groups is 1. The Kier molecular flexibility index (Phi) is 7.55. The fourth-order valence-corrected chi connectivity index (χ4v) is 4.77. The zero-order valence-corrected chi connectivity index (χ0v) is 18.2.